The van der Waals surface area contributed by atoms with Crippen LogP contribution in [0.15, 0.2) is 66.7 Å². The number of carbonyl (C=O) groups excluding carboxylic acids is 1. The van der Waals surface area contributed by atoms with Gasteiger partial charge in [-0.1, -0.05) is 12.1 Å². The maximum atomic E-state index is 13.3. The summed E-state index contributed by atoms with van der Waals surface area (Å²) in [6.45, 7) is 2.23. The number of amides is 1. The van der Waals surface area contributed by atoms with Gasteiger partial charge in [0.1, 0.15) is 17.4 Å². The molecule has 0 atom stereocenters. The molecule has 1 N–H and O–H groups in total. The van der Waals surface area contributed by atoms with Gasteiger partial charge in [-0.3, -0.25) is 9.10 Å². The lowest BCUT2D eigenvalue weighted by molar-refractivity contribution is 0.0950. The molecule has 0 heterocycles. The van der Waals surface area contributed by atoms with Gasteiger partial charge in [-0.2, -0.15) is 0 Å². The number of carbonyl (C=O) groups is 1. The minimum absolute atomic E-state index is 0.112. The van der Waals surface area contributed by atoms with Gasteiger partial charge in [0.15, 0.2) is 0 Å². The third kappa shape index (κ3) is 6.52. The smallest absolute Gasteiger partial charge is 0.251 e. The topological polar surface area (TPSA) is 75.7 Å². The highest BCUT2D eigenvalue weighted by atomic mass is 32.2. The molecule has 0 fully saturated rings. The fourth-order valence-corrected chi connectivity index (χ4v) is 4.07. The van der Waals surface area contributed by atoms with Gasteiger partial charge in [0.25, 0.3) is 5.91 Å². The van der Waals surface area contributed by atoms with Crippen LogP contribution in [0.5, 0.6) is 5.75 Å². The Balaban J connectivity index is 1.87. The summed E-state index contributed by atoms with van der Waals surface area (Å²) < 4.78 is 58.1. The normalized spacial score (nSPS) is 11.2. The minimum atomic E-state index is -3.72. The molecule has 174 valence electrons. The second-order valence-corrected chi connectivity index (χ2v) is 9.22. The summed E-state index contributed by atoms with van der Waals surface area (Å²) in [5.74, 6) is -0.792. The summed E-state index contributed by atoms with van der Waals surface area (Å²) in [5.41, 5.74) is 1.80. The Bertz CT molecular complexity index is 1210. The largest absolute Gasteiger partial charge is 0.494 e. The first-order valence-corrected chi connectivity index (χ1v) is 12.0. The Kier molecular flexibility index (Phi) is 7.65. The molecule has 0 aliphatic heterocycles. The molecule has 0 bridgehead atoms. The number of halogens is 2. The van der Waals surface area contributed by atoms with Gasteiger partial charge in [-0.15, -0.1) is 0 Å². The van der Waals surface area contributed by atoms with E-state index >= 15 is 0 Å². The van der Waals surface area contributed by atoms with Gasteiger partial charge in [0.05, 0.1) is 25.1 Å². The summed E-state index contributed by atoms with van der Waals surface area (Å²) in [7, 11) is -3.72. The monoisotopic (exact) mass is 474 g/mol. The van der Waals surface area contributed by atoms with Gasteiger partial charge in [0.2, 0.25) is 10.0 Å². The van der Waals surface area contributed by atoms with E-state index in [-0.39, 0.29) is 30.5 Å². The second-order valence-electron chi connectivity index (χ2n) is 7.31. The third-order valence-corrected chi connectivity index (χ3v) is 5.96. The number of rotatable bonds is 9. The zero-order valence-electron chi connectivity index (χ0n) is 18.2. The molecule has 0 spiro atoms. The minimum Gasteiger partial charge on any atom is -0.494 e. The quantitative estimate of drug-likeness (QED) is 0.503. The van der Waals surface area contributed by atoms with E-state index in [0.717, 1.165) is 16.1 Å². The van der Waals surface area contributed by atoms with Gasteiger partial charge in [-0.25, -0.2) is 17.2 Å². The Labute approximate surface area is 191 Å². The van der Waals surface area contributed by atoms with Crippen molar-refractivity contribution in [3.63, 3.8) is 0 Å². The van der Waals surface area contributed by atoms with Crippen molar-refractivity contribution >= 4 is 21.6 Å². The van der Waals surface area contributed by atoms with E-state index < -0.39 is 15.8 Å². The van der Waals surface area contributed by atoms with Crippen LogP contribution < -0.4 is 14.4 Å². The standard InChI is InChI=1S/C24H24F2N2O4S/c1-3-32-23-13-6-18(24(29)27-15-17-4-7-20(25)8-5-17)14-19(23)16-28(33(2,30)31)22-11-9-21(26)10-12-22/h4-14H,3,15-16H2,1-2H3,(H,27,29). The number of benzene rings is 3. The van der Waals surface area contributed by atoms with Crippen molar-refractivity contribution in [2.75, 3.05) is 17.2 Å². The molecule has 0 saturated carbocycles. The van der Waals surface area contributed by atoms with E-state index in [9.17, 15) is 22.0 Å². The Morgan fingerprint density at radius 3 is 2.15 bits per heavy atom. The molecule has 3 rings (SSSR count). The van der Waals surface area contributed by atoms with Crippen molar-refractivity contribution in [2.45, 2.75) is 20.0 Å². The van der Waals surface area contributed by atoms with Gasteiger partial charge < -0.3 is 10.1 Å². The van der Waals surface area contributed by atoms with Gasteiger partial charge in [0, 0.05) is 17.7 Å². The fourth-order valence-electron chi connectivity index (χ4n) is 3.19. The van der Waals surface area contributed by atoms with Crippen LogP contribution in [0, 0.1) is 11.6 Å². The molecule has 6 nitrogen and oxygen atoms in total. The van der Waals surface area contributed by atoms with Crippen LogP contribution in [-0.2, 0) is 23.1 Å². The van der Waals surface area contributed by atoms with E-state index in [4.69, 9.17) is 4.74 Å². The van der Waals surface area contributed by atoms with Crippen molar-refractivity contribution in [3.8, 4) is 5.75 Å². The number of anilines is 1. The maximum absolute atomic E-state index is 13.3. The average molecular weight is 475 g/mol. The van der Waals surface area contributed by atoms with Crippen LogP contribution in [0.25, 0.3) is 0 Å². The summed E-state index contributed by atoms with van der Waals surface area (Å²) in [6.07, 6.45) is 1.05. The Morgan fingerprint density at radius 2 is 1.58 bits per heavy atom. The van der Waals surface area contributed by atoms with Crippen LogP contribution >= 0.6 is 0 Å². The summed E-state index contributed by atoms with van der Waals surface area (Å²) in [5, 5.41) is 2.76. The van der Waals surface area contributed by atoms with E-state index in [0.29, 0.717) is 23.5 Å². The van der Waals surface area contributed by atoms with Crippen molar-refractivity contribution in [2.24, 2.45) is 0 Å². The van der Waals surface area contributed by atoms with Crippen LogP contribution in [-0.4, -0.2) is 27.2 Å². The lowest BCUT2D eigenvalue weighted by Crippen LogP contribution is -2.30. The van der Waals surface area contributed by atoms with Crippen molar-refractivity contribution in [3.05, 3.63) is 95.1 Å². The molecule has 0 unspecified atom stereocenters. The number of nitrogens with zero attached hydrogens (tertiary/aromatic N) is 1. The number of hydrogen-bond donors (Lipinski definition) is 1. The van der Waals surface area contributed by atoms with Crippen LogP contribution in [0.2, 0.25) is 0 Å². The van der Waals surface area contributed by atoms with Gasteiger partial charge >= 0.3 is 0 Å². The predicted octanol–water partition coefficient (Wildman–Crippen LogP) is 4.26. The van der Waals surface area contributed by atoms with Crippen molar-refractivity contribution in [1.82, 2.24) is 5.32 Å². The molecule has 9 heteroatoms. The fraction of sp³-hybridized carbons (Fsp3) is 0.208. The van der Waals surface area contributed by atoms with E-state index in [1.165, 1.54) is 36.4 Å². The number of sulfonamides is 1. The molecule has 1 amide bonds. The molecular formula is C24H24F2N2O4S. The highest BCUT2D eigenvalue weighted by Gasteiger charge is 2.21. The summed E-state index contributed by atoms with van der Waals surface area (Å²) >= 11 is 0. The van der Waals surface area contributed by atoms with Crippen LogP contribution in [0.3, 0.4) is 0 Å². The van der Waals surface area contributed by atoms with Crippen LogP contribution in [0.4, 0.5) is 14.5 Å². The van der Waals surface area contributed by atoms with Crippen molar-refractivity contribution in [1.29, 1.82) is 0 Å². The van der Waals surface area contributed by atoms with E-state index in [1.807, 2.05) is 0 Å². The highest BCUT2D eigenvalue weighted by Crippen LogP contribution is 2.27. The van der Waals surface area contributed by atoms with Crippen molar-refractivity contribution < 1.29 is 26.7 Å². The molecule has 3 aromatic rings. The third-order valence-electron chi connectivity index (χ3n) is 4.82. The highest BCUT2D eigenvalue weighted by molar-refractivity contribution is 7.92. The average Bonchev–Trinajstić information content (AvgIpc) is 2.78. The Hall–Kier alpha value is -3.46. The molecule has 0 aliphatic carbocycles. The number of nitrogens with one attached hydrogen (secondary N) is 1. The number of hydrogen-bond acceptors (Lipinski definition) is 4. The lowest BCUT2D eigenvalue weighted by Gasteiger charge is -2.24. The maximum Gasteiger partial charge on any atom is 0.251 e. The van der Waals surface area contributed by atoms with Gasteiger partial charge in [-0.05, 0) is 67.1 Å². The molecule has 0 aliphatic rings. The molecule has 0 radical (unpaired) electrons. The molecule has 3 aromatic carbocycles. The molecule has 33 heavy (non-hydrogen) atoms. The summed E-state index contributed by atoms with van der Waals surface area (Å²) in [6, 6.07) is 15.6. The zero-order chi connectivity index (χ0) is 24.0. The van der Waals surface area contributed by atoms with E-state index in [2.05, 4.69) is 5.32 Å². The first kappa shape index (κ1) is 24.2. The van der Waals surface area contributed by atoms with E-state index in [1.54, 1.807) is 37.3 Å². The molecular weight excluding hydrogens is 450 g/mol. The molecule has 0 aromatic heterocycles. The first-order chi connectivity index (χ1) is 15.7. The SMILES string of the molecule is CCOc1ccc(C(=O)NCc2ccc(F)cc2)cc1CN(c1ccc(F)cc1)S(C)(=O)=O. The summed E-state index contributed by atoms with van der Waals surface area (Å²) in [4.78, 5) is 12.7. The zero-order valence-corrected chi connectivity index (χ0v) is 19.0. The molecule has 0 saturated heterocycles. The Morgan fingerprint density at radius 1 is 0.970 bits per heavy atom. The second kappa shape index (κ2) is 10.4. The first-order valence-electron chi connectivity index (χ1n) is 10.2. The lowest BCUT2D eigenvalue weighted by atomic mass is 10.1. The predicted molar refractivity (Wildman–Crippen MR) is 123 cm³/mol. The number of ether oxygens (including phenoxy) is 1. The van der Waals surface area contributed by atoms with Crippen LogP contribution in [0.1, 0.15) is 28.4 Å².